The molecule has 2 rings (SSSR count). The van der Waals surface area contributed by atoms with E-state index in [9.17, 15) is 8.42 Å². The number of unbranched alkanes of at least 4 members (excludes halogenated alkanes) is 1. The second kappa shape index (κ2) is 7.09. The summed E-state index contributed by atoms with van der Waals surface area (Å²) in [5.74, 6) is 0.758. The van der Waals surface area contributed by atoms with E-state index in [0.717, 1.165) is 31.6 Å². The lowest BCUT2D eigenvalue weighted by molar-refractivity contribution is 0.587. The Bertz CT molecular complexity index is 681. The van der Waals surface area contributed by atoms with Crippen LogP contribution in [0.3, 0.4) is 0 Å². The van der Waals surface area contributed by atoms with Crippen LogP contribution in [0.15, 0.2) is 41.6 Å². The van der Waals surface area contributed by atoms with E-state index in [0.29, 0.717) is 6.42 Å². The van der Waals surface area contributed by atoms with Gasteiger partial charge in [0.15, 0.2) is 5.03 Å². The van der Waals surface area contributed by atoms with E-state index in [-0.39, 0.29) is 5.03 Å². The Labute approximate surface area is 130 Å². The van der Waals surface area contributed by atoms with Gasteiger partial charge in [0, 0.05) is 29.8 Å². The zero-order valence-electron chi connectivity index (χ0n) is 12.0. The van der Waals surface area contributed by atoms with Gasteiger partial charge in [-0.15, -0.1) is 0 Å². The van der Waals surface area contributed by atoms with Crippen molar-refractivity contribution in [2.75, 3.05) is 0 Å². The third-order valence-corrected chi connectivity index (χ3v) is 4.53. The predicted octanol–water partition coefficient (Wildman–Crippen LogP) is 3.40. The van der Waals surface area contributed by atoms with Gasteiger partial charge in [0.05, 0.1) is 0 Å². The molecule has 4 nitrogen and oxygen atoms in total. The molecule has 1 aromatic heterocycles. The summed E-state index contributed by atoms with van der Waals surface area (Å²) in [5, 5.41) is -0.0518. The fourth-order valence-electron chi connectivity index (χ4n) is 2.28. The molecule has 0 bridgehead atoms. The smallest absolute Gasteiger partial charge is 0.280 e. The van der Waals surface area contributed by atoms with Crippen molar-refractivity contribution < 1.29 is 8.42 Å². The maximum atomic E-state index is 11.3. The van der Waals surface area contributed by atoms with Crippen LogP contribution >= 0.6 is 10.7 Å². The van der Waals surface area contributed by atoms with Gasteiger partial charge in [-0.1, -0.05) is 37.3 Å². The van der Waals surface area contributed by atoms with Gasteiger partial charge in [-0.05, 0) is 24.8 Å². The average molecular weight is 327 g/mol. The van der Waals surface area contributed by atoms with Crippen molar-refractivity contribution >= 4 is 19.7 Å². The van der Waals surface area contributed by atoms with Crippen molar-refractivity contribution in [3.8, 4) is 0 Å². The molecule has 0 saturated carbocycles. The lowest BCUT2D eigenvalue weighted by Gasteiger charge is -2.06. The number of nitrogens with zero attached hydrogens (tertiary/aromatic N) is 2. The molecule has 0 fully saturated rings. The first-order valence-electron chi connectivity index (χ1n) is 7.05. The highest BCUT2D eigenvalue weighted by Gasteiger charge is 2.16. The van der Waals surface area contributed by atoms with E-state index in [1.165, 1.54) is 11.8 Å². The number of aryl methyl sites for hydroxylation is 3. The molecular weight excluding hydrogens is 308 g/mol. The minimum absolute atomic E-state index is 0.0518. The van der Waals surface area contributed by atoms with Gasteiger partial charge < -0.3 is 4.57 Å². The van der Waals surface area contributed by atoms with Crippen LogP contribution in [0.2, 0.25) is 0 Å². The van der Waals surface area contributed by atoms with Crippen molar-refractivity contribution in [3.05, 3.63) is 47.9 Å². The zero-order valence-corrected chi connectivity index (χ0v) is 13.6. The van der Waals surface area contributed by atoms with E-state index in [4.69, 9.17) is 10.7 Å². The highest BCUT2D eigenvalue weighted by molar-refractivity contribution is 8.13. The SMILES string of the molecule is CCc1nc(S(=O)(=O)Cl)cn1CCCCc1ccccc1. The first-order chi connectivity index (χ1) is 10.0. The van der Waals surface area contributed by atoms with Crippen molar-refractivity contribution in [1.29, 1.82) is 0 Å². The number of hydrogen-bond donors (Lipinski definition) is 0. The van der Waals surface area contributed by atoms with Crippen molar-refractivity contribution in [3.63, 3.8) is 0 Å². The molecule has 0 aliphatic heterocycles. The monoisotopic (exact) mass is 326 g/mol. The van der Waals surface area contributed by atoms with Crippen LogP contribution in [0.25, 0.3) is 0 Å². The Hall–Kier alpha value is -1.33. The van der Waals surface area contributed by atoms with Gasteiger partial charge in [0.1, 0.15) is 5.82 Å². The number of halogens is 1. The Morgan fingerprint density at radius 1 is 1.19 bits per heavy atom. The predicted molar refractivity (Wildman–Crippen MR) is 84.0 cm³/mol. The minimum Gasteiger partial charge on any atom is -0.334 e. The summed E-state index contributed by atoms with van der Waals surface area (Å²) in [5.41, 5.74) is 1.32. The lowest BCUT2D eigenvalue weighted by Crippen LogP contribution is -2.02. The van der Waals surface area contributed by atoms with Gasteiger partial charge in [-0.3, -0.25) is 0 Å². The summed E-state index contributed by atoms with van der Waals surface area (Å²) >= 11 is 0. The third-order valence-electron chi connectivity index (χ3n) is 3.36. The summed E-state index contributed by atoms with van der Waals surface area (Å²) < 4.78 is 24.5. The molecular formula is C15H19ClN2O2S. The summed E-state index contributed by atoms with van der Waals surface area (Å²) in [4.78, 5) is 4.08. The molecule has 21 heavy (non-hydrogen) atoms. The van der Waals surface area contributed by atoms with Crippen LogP contribution in [-0.4, -0.2) is 18.0 Å². The van der Waals surface area contributed by atoms with Crippen LogP contribution < -0.4 is 0 Å². The molecule has 0 saturated heterocycles. The second-order valence-electron chi connectivity index (χ2n) is 4.92. The van der Waals surface area contributed by atoms with Gasteiger partial charge >= 0.3 is 0 Å². The summed E-state index contributed by atoms with van der Waals surface area (Å²) in [7, 11) is 1.59. The normalized spacial score (nSPS) is 11.7. The molecule has 1 heterocycles. The molecule has 0 unspecified atom stereocenters. The molecule has 0 amide bonds. The third kappa shape index (κ3) is 4.58. The van der Waals surface area contributed by atoms with Crippen LogP contribution in [0.5, 0.6) is 0 Å². The Morgan fingerprint density at radius 3 is 2.52 bits per heavy atom. The molecule has 114 valence electrons. The molecule has 6 heteroatoms. The largest absolute Gasteiger partial charge is 0.334 e. The lowest BCUT2D eigenvalue weighted by atomic mass is 10.1. The Morgan fingerprint density at radius 2 is 1.90 bits per heavy atom. The van der Waals surface area contributed by atoms with Gasteiger partial charge in [-0.2, -0.15) is 0 Å². The molecule has 0 radical (unpaired) electrons. The van der Waals surface area contributed by atoms with E-state index in [2.05, 4.69) is 17.1 Å². The zero-order chi connectivity index (χ0) is 15.3. The Balaban J connectivity index is 1.92. The molecule has 0 N–H and O–H groups in total. The summed E-state index contributed by atoms with van der Waals surface area (Å²) in [6.07, 6.45) is 5.26. The number of rotatable bonds is 7. The van der Waals surface area contributed by atoms with Crippen LogP contribution in [0.4, 0.5) is 0 Å². The molecule has 0 aliphatic rings. The minimum atomic E-state index is -3.75. The van der Waals surface area contributed by atoms with Crippen LogP contribution in [-0.2, 0) is 28.4 Å². The van der Waals surface area contributed by atoms with Gasteiger partial charge in [-0.25, -0.2) is 13.4 Å². The number of hydrogen-bond acceptors (Lipinski definition) is 3. The van der Waals surface area contributed by atoms with Crippen molar-refractivity contribution in [1.82, 2.24) is 9.55 Å². The average Bonchev–Trinajstić information content (AvgIpc) is 2.88. The first kappa shape index (κ1) is 16.0. The van der Waals surface area contributed by atoms with Crippen molar-refractivity contribution in [2.24, 2.45) is 0 Å². The Kier molecular flexibility index (Phi) is 5.42. The number of imidazole rings is 1. The molecule has 0 spiro atoms. The fraction of sp³-hybridized carbons (Fsp3) is 0.400. The number of aromatic nitrogens is 2. The number of benzene rings is 1. The van der Waals surface area contributed by atoms with Crippen molar-refractivity contribution in [2.45, 2.75) is 44.2 Å². The molecule has 0 atom stereocenters. The van der Waals surface area contributed by atoms with E-state index in [1.54, 1.807) is 0 Å². The quantitative estimate of drug-likeness (QED) is 0.579. The molecule has 1 aromatic carbocycles. The highest BCUT2D eigenvalue weighted by atomic mass is 35.7. The van der Waals surface area contributed by atoms with E-state index in [1.807, 2.05) is 29.7 Å². The molecule has 0 aliphatic carbocycles. The summed E-state index contributed by atoms with van der Waals surface area (Å²) in [6, 6.07) is 10.3. The van der Waals surface area contributed by atoms with Gasteiger partial charge in [0.25, 0.3) is 9.05 Å². The highest BCUT2D eigenvalue weighted by Crippen LogP contribution is 2.16. The molecule has 2 aromatic rings. The first-order valence-corrected chi connectivity index (χ1v) is 9.36. The van der Waals surface area contributed by atoms with Crippen LogP contribution in [0.1, 0.15) is 31.2 Å². The summed E-state index contributed by atoms with van der Waals surface area (Å²) in [6.45, 7) is 2.71. The standard InChI is InChI=1S/C15H19ClN2O2S/c1-2-14-17-15(21(16,19)20)12-18(14)11-7-6-10-13-8-4-3-5-9-13/h3-5,8-9,12H,2,6-7,10-11H2,1H3. The maximum Gasteiger partial charge on any atom is 0.280 e. The van der Waals surface area contributed by atoms with Gasteiger partial charge in [0.2, 0.25) is 0 Å². The van der Waals surface area contributed by atoms with Crippen LogP contribution in [0, 0.1) is 0 Å². The van der Waals surface area contributed by atoms with E-state index >= 15 is 0 Å². The topological polar surface area (TPSA) is 52.0 Å². The fourth-order valence-corrected chi connectivity index (χ4v) is 2.97. The second-order valence-corrected chi connectivity index (χ2v) is 7.44. The maximum absolute atomic E-state index is 11.3. The van der Waals surface area contributed by atoms with E-state index < -0.39 is 9.05 Å².